The zero-order chi connectivity index (χ0) is 16.8. The third-order valence-electron chi connectivity index (χ3n) is 4.04. The zero-order valence-corrected chi connectivity index (χ0v) is 14.2. The van der Waals surface area contributed by atoms with Crippen molar-refractivity contribution in [1.29, 1.82) is 0 Å². The number of ether oxygens (including phenoxy) is 2. The molecule has 0 unspecified atom stereocenters. The normalized spacial score (nSPS) is 10.4. The smallest absolute Gasteiger partial charge is 0.122 e. The van der Waals surface area contributed by atoms with E-state index < -0.39 is 0 Å². The van der Waals surface area contributed by atoms with Crippen molar-refractivity contribution in [3.8, 4) is 11.5 Å². The summed E-state index contributed by atoms with van der Waals surface area (Å²) < 4.78 is 11.8. The van der Waals surface area contributed by atoms with Crippen LogP contribution in [0.15, 0.2) is 72.8 Å². The van der Waals surface area contributed by atoms with Gasteiger partial charge in [0.05, 0.1) is 0 Å². The zero-order valence-electron chi connectivity index (χ0n) is 14.2. The molecule has 0 bridgehead atoms. The van der Waals surface area contributed by atoms with Crippen molar-refractivity contribution in [2.24, 2.45) is 0 Å². The monoisotopic (exact) mass is 318 g/mol. The fourth-order valence-corrected chi connectivity index (χ4v) is 2.54. The highest BCUT2D eigenvalue weighted by Crippen LogP contribution is 2.25. The van der Waals surface area contributed by atoms with Gasteiger partial charge in [0.1, 0.15) is 24.7 Å². The van der Waals surface area contributed by atoms with Gasteiger partial charge in [-0.15, -0.1) is 0 Å². The Hall–Kier alpha value is -2.74. The molecule has 24 heavy (non-hydrogen) atoms. The van der Waals surface area contributed by atoms with Gasteiger partial charge in [0.25, 0.3) is 0 Å². The second-order valence-corrected chi connectivity index (χ2v) is 5.92. The van der Waals surface area contributed by atoms with Gasteiger partial charge in [-0.25, -0.2) is 0 Å². The minimum atomic E-state index is 0.573. The van der Waals surface area contributed by atoms with Gasteiger partial charge in [-0.3, -0.25) is 0 Å². The van der Waals surface area contributed by atoms with Crippen molar-refractivity contribution in [2.75, 3.05) is 0 Å². The first kappa shape index (κ1) is 16.1. The average Bonchev–Trinajstić information content (AvgIpc) is 2.61. The van der Waals surface area contributed by atoms with Crippen molar-refractivity contribution in [1.82, 2.24) is 0 Å². The lowest BCUT2D eigenvalue weighted by Gasteiger charge is -2.13. The molecular formula is C22H22O2. The molecule has 0 N–H and O–H groups in total. The summed E-state index contributed by atoms with van der Waals surface area (Å²) in [6, 6.07) is 24.4. The first-order valence-corrected chi connectivity index (χ1v) is 8.17. The van der Waals surface area contributed by atoms with Crippen molar-refractivity contribution < 1.29 is 9.47 Å². The molecular weight excluding hydrogens is 296 g/mol. The van der Waals surface area contributed by atoms with Crippen LogP contribution in [-0.4, -0.2) is 0 Å². The summed E-state index contributed by atoms with van der Waals surface area (Å²) in [6.07, 6.45) is 0. The van der Waals surface area contributed by atoms with Gasteiger partial charge in [0.15, 0.2) is 0 Å². The van der Waals surface area contributed by atoms with Crippen molar-refractivity contribution in [2.45, 2.75) is 27.1 Å². The summed E-state index contributed by atoms with van der Waals surface area (Å²) in [5.41, 5.74) is 4.70. The van der Waals surface area contributed by atoms with Crippen LogP contribution in [0.5, 0.6) is 11.5 Å². The van der Waals surface area contributed by atoms with Crippen molar-refractivity contribution in [3.05, 3.63) is 95.1 Å². The summed E-state index contributed by atoms with van der Waals surface area (Å²) in [4.78, 5) is 0. The topological polar surface area (TPSA) is 18.5 Å². The van der Waals surface area contributed by atoms with E-state index in [0.717, 1.165) is 22.6 Å². The summed E-state index contributed by atoms with van der Waals surface area (Å²) in [7, 11) is 0. The minimum absolute atomic E-state index is 0.573. The molecule has 0 aliphatic rings. The van der Waals surface area contributed by atoms with Crippen LogP contribution in [0, 0.1) is 13.8 Å². The Morgan fingerprint density at radius 3 is 2.17 bits per heavy atom. The number of benzene rings is 3. The van der Waals surface area contributed by atoms with Gasteiger partial charge in [-0.2, -0.15) is 0 Å². The Balaban J connectivity index is 1.61. The molecule has 0 aromatic heterocycles. The molecule has 2 nitrogen and oxygen atoms in total. The van der Waals surface area contributed by atoms with Crippen LogP contribution in [0.2, 0.25) is 0 Å². The Morgan fingerprint density at radius 1 is 0.667 bits per heavy atom. The van der Waals surface area contributed by atoms with E-state index in [1.165, 1.54) is 11.1 Å². The molecule has 0 radical (unpaired) electrons. The van der Waals surface area contributed by atoms with E-state index in [2.05, 4.69) is 31.2 Å². The largest absolute Gasteiger partial charge is 0.489 e. The fraction of sp³-hybridized carbons (Fsp3) is 0.182. The molecule has 0 saturated heterocycles. The summed E-state index contributed by atoms with van der Waals surface area (Å²) in [5.74, 6) is 1.75. The fourth-order valence-electron chi connectivity index (χ4n) is 2.54. The van der Waals surface area contributed by atoms with Crippen LogP contribution in [-0.2, 0) is 13.2 Å². The SMILES string of the molecule is Cc1ccccc1COc1ccc(OCc2ccccc2)cc1C. The Morgan fingerprint density at radius 2 is 1.42 bits per heavy atom. The molecule has 0 heterocycles. The third-order valence-corrected chi connectivity index (χ3v) is 4.04. The van der Waals surface area contributed by atoms with Crippen molar-refractivity contribution in [3.63, 3.8) is 0 Å². The maximum Gasteiger partial charge on any atom is 0.122 e. The minimum Gasteiger partial charge on any atom is -0.489 e. The Kier molecular flexibility index (Phi) is 5.17. The maximum absolute atomic E-state index is 5.97. The molecule has 3 rings (SSSR count). The van der Waals surface area contributed by atoms with Gasteiger partial charge >= 0.3 is 0 Å². The lowest BCUT2D eigenvalue weighted by molar-refractivity contribution is 0.295. The Bertz CT molecular complexity index is 794. The average molecular weight is 318 g/mol. The maximum atomic E-state index is 5.97. The highest BCUT2D eigenvalue weighted by Gasteiger charge is 2.04. The first-order valence-electron chi connectivity index (χ1n) is 8.17. The molecule has 0 aliphatic carbocycles. The second kappa shape index (κ2) is 7.69. The lowest BCUT2D eigenvalue weighted by Crippen LogP contribution is -2.00. The van der Waals surface area contributed by atoms with Crippen LogP contribution in [0.4, 0.5) is 0 Å². The van der Waals surface area contributed by atoms with Gasteiger partial charge in [-0.1, -0.05) is 54.6 Å². The standard InChI is InChI=1S/C22H22O2/c1-17-8-6-7-11-20(17)16-24-22-13-12-21(14-18(22)2)23-15-19-9-4-3-5-10-19/h3-14H,15-16H2,1-2H3. The summed E-state index contributed by atoms with van der Waals surface area (Å²) >= 11 is 0. The quantitative estimate of drug-likeness (QED) is 0.600. The van der Waals surface area contributed by atoms with Crippen LogP contribution in [0.25, 0.3) is 0 Å². The lowest BCUT2D eigenvalue weighted by atomic mass is 10.1. The third kappa shape index (κ3) is 4.17. The van der Waals surface area contributed by atoms with Gasteiger partial charge in [0, 0.05) is 0 Å². The first-order chi connectivity index (χ1) is 11.7. The Labute approximate surface area is 143 Å². The molecule has 3 aromatic carbocycles. The molecule has 122 valence electrons. The summed E-state index contributed by atoms with van der Waals surface area (Å²) in [5, 5.41) is 0. The molecule has 2 heteroatoms. The van der Waals surface area contributed by atoms with Gasteiger partial charge in [0.2, 0.25) is 0 Å². The number of hydrogen-bond acceptors (Lipinski definition) is 2. The highest BCUT2D eigenvalue weighted by atomic mass is 16.5. The van der Waals surface area contributed by atoms with Crippen LogP contribution in [0.3, 0.4) is 0 Å². The molecule has 0 spiro atoms. The van der Waals surface area contributed by atoms with Crippen molar-refractivity contribution >= 4 is 0 Å². The molecule has 0 fully saturated rings. The van der Waals surface area contributed by atoms with E-state index in [1.807, 2.05) is 55.5 Å². The van der Waals surface area contributed by atoms with E-state index in [9.17, 15) is 0 Å². The van der Waals surface area contributed by atoms with E-state index >= 15 is 0 Å². The van der Waals surface area contributed by atoms with Gasteiger partial charge < -0.3 is 9.47 Å². The second-order valence-electron chi connectivity index (χ2n) is 5.92. The predicted octanol–water partition coefficient (Wildman–Crippen LogP) is 5.46. The summed E-state index contributed by atoms with van der Waals surface area (Å²) in [6.45, 7) is 5.30. The molecule has 0 amide bonds. The van der Waals surface area contributed by atoms with Crippen LogP contribution >= 0.6 is 0 Å². The molecule has 0 saturated carbocycles. The number of hydrogen-bond donors (Lipinski definition) is 0. The van der Waals surface area contributed by atoms with E-state index in [1.54, 1.807) is 0 Å². The predicted molar refractivity (Wildman–Crippen MR) is 97.5 cm³/mol. The van der Waals surface area contributed by atoms with Crippen LogP contribution < -0.4 is 9.47 Å². The van der Waals surface area contributed by atoms with Gasteiger partial charge in [-0.05, 0) is 54.3 Å². The molecule has 0 aliphatic heterocycles. The van der Waals surface area contributed by atoms with E-state index in [-0.39, 0.29) is 0 Å². The molecule has 0 atom stereocenters. The molecule has 3 aromatic rings. The van der Waals surface area contributed by atoms with E-state index in [4.69, 9.17) is 9.47 Å². The van der Waals surface area contributed by atoms with E-state index in [0.29, 0.717) is 13.2 Å². The highest BCUT2D eigenvalue weighted by molar-refractivity contribution is 5.39. The number of rotatable bonds is 6. The number of aryl methyl sites for hydroxylation is 2. The van der Waals surface area contributed by atoms with Crippen LogP contribution in [0.1, 0.15) is 22.3 Å².